The zero-order valence-corrected chi connectivity index (χ0v) is 23.2. The number of halogens is 1. The number of primary amides is 1. The fourth-order valence-electron chi connectivity index (χ4n) is 4.52. The topological polar surface area (TPSA) is 163 Å². The van der Waals surface area contributed by atoms with Crippen molar-refractivity contribution >= 4 is 51.8 Å². The predicted octanol–water partition coefficient (Wildman–Crippen LogP) is 4.62. The number of benzene rings is 4. The molecule has 4 N–H and O–H groups in total. The fourth-order valence-corrected chi connectivity index (χ4v) is 4.70. The lowest BCUT2D eigenvalue weighted by Crippen LogP contribution is -2.50. The molecule has 1 heterocycles. The number of nitrogens with two attached hydrogens (primary N) is 1. The first kappa shape index (κ1) is 29.8. The van der Waals surface area contributed by atoms with Crippen molar-refractivity contribution in [2.45, 2.75) is 0 Å². The van der Waals surface area contributed by atoms with E-state index in [-0.39, 0.29) is 39.5 Å². The van der Waals surface area contributed by atoms with E-state index >= 15 is 0 Å². The number of piperazine rings is 1. The molecular formula is C30H28ClN5O6. The summed E-state index contributed by atoms with van der Waals surface area (Å²) in [6.07, 6.45) is 1.30. The number of nitro groups is 1. The number of hydrogen-bond acceptors (Lipinski definition) is 8. The Morgan fingerprint density at radius 3 is 2.31 bits per heavy atom. The number of nitro benzene ring substituents is 1. The zero-order valence-electron chi connectivity index (χ0n) is 22.4. The van der Waals surface area contributed by atoms with Crippen molar-refractivity contribution in [2.24, 2.45) is 5.73 Å². The number of para-hydroxylation sites is 2. The highest BCUT2D eigenvalue weighted by molar-refractivity contribution is 6.32. The summed E-state index contributed by atoms with van der Waals surface area (Å²) in [7, 11) is 0. The molecule has 1 aliphatic heterocycles. The van der Waals surface area contributed by atoms with Crippen molar-refractivity contribution < 1.29 is 24.4 Å². The van der Waals surface area contributed by atoms with Gasteiger partial charge in [0.1, 0.15) is 17.2 Å². The molecule has 0 bridgehead atoms. The van der Waals surface area contributed by atoms with Crippen LogP contribution in [0.3, 0.4) is 0 Å². The molecule has 5 rings (SSSR count). The average Bonchev–Trinajstić information content (AvgIpc) is 3.01. The number of anilines is 1. The third-order valence-corrected chi connectivity index (χ3v) is 7.01. The van der Waals surface area contributed by atoms with Crippen molar-refractivity contribution in [1.29, 1.82) is 5.41 Å². The maximum Gasteiger partial charge on any atom is 0.292 e. The standard InChI is InChI=1S/C23H22N4O4.C7H6ClNO2/c24-15-17-9-10-22(19-6-2-1-5-18(17)19)31-16-23(28)26-13-11-25(12-14-26)20-7-3-4-8-21(20)27(29)30;8-5-3-4(7(9)11)1-2-6(5)10/h1-10,15,24H,11-14,16H2;1-3,10H,(H2,9,11). The lowest BCUT2D eigenvalue weighted by atomic mass is 10.0. The van der Waals surface area contributed by atoms with Crippen LogP contribution in [0, 0.1) is 15.5 Å². The molecule has 0 radical (unpaired) electrons. The van der Waals surface area contributed by atoms with Crippen LogP contribution in [0.2, 0.25) is 5.02 Å². The summed E-state index contributed by atoms with van der Waals surface area (Å²) in [6, 6.07) is 21.9. The minimum atomic E-state index is -0.563. The molecule has 4 aromatic rings. The number of fused-ring (bicyclic) bond motifs is 1. The molecular weight excluding hydrogens is 562 g/mol. The monoisotopic (exact) mass is 589 g/mol. The van der Waals surface area contributed by atoms with Crippen LogP contribution in [0.25, 0.3) is 10.8 Å². The Labute approximate surface area is 246 Å². The van der Waals surface area contributed by atoms with Crippen molar-refractivity contribution in [3.8, 4) is 11.5 Å². The molecule has 4 aromatic carbocycles. The third kappa shape index (κ3) is 6.94. The van der Waals surface area contributed by atoms with E-state index in [4.69, 9.17) is 32.6 Å². The van der Waals surface area contributed by atoms with E-state index in [2.05, 4.69) is 0 Å². The minimum Gasteiger partial charge on any atom is -0.506 e. The number of nitrogens with one attached hydrogen (secondary N) is 1. The van der Waals surface area contributed by atoms with Gasteiger partial charge in [0, 0.05) is 55.0 Å². The summed E-state index contributed by atoms with van der Waals surface area (Å²) in [6.45, 7) is 1.91. The smallest absolute Gasteiger partial charge is 0.292 e. The predicted molar refractivity (Wildman–Crippen MR) is 161 cm³/mol. The lowest BCUT2D eigenvalue weighted by molar-refractivity contribution is -0.384. The van der Waals surface area contributed by atoms with E-state index in [9.17, 15) is 19.7 Å². The highest BCUT2D eigenvalue weighted by Crippen LogP contribution is 2.29. The molecule has 12 heteroatoms. The number of hydrogen-bond donors (Lipinski definition) is 3. The summed E-state index contributed by atoms with van der Waals surface area (Å²) in [5.74, 6) is -0.140. The number of carbonyl (C=O) groups excluding carboxylic acids is 2. The largest absolute Gasteiger partial charge is 0.506 e. The Kier molecular flexibility index (Phi) is 9.56. The number of phenolic OH excluding ortho intramolecular Hbond substituents is 1. The molecule has 1 fully saturated rings. The molecule has 42 heavy (non-hydrogen) atoms. The number of ether oxygens (including phenoxy) is 1. The second kappa shape index (κ2) is 13.5. The fraction of sp³-hybridized carbons (Fsp3) is 0.167. The number of aromatic hydroxyl groups is 1. The summed E-state index contributed by atoms with van der Waals surface area (Å²) >= 11 is 5.50. The molecule has 0 aromatic heterocycles. The molecule has 0 saturated carbocycles. The molecule has 0 spiro atoms. The third-order valence-electron chi connectivity index (χ3n) is 6.71. The Hall–Kier alpha value is -5.16. The first-order valence-corrected chi connectivity index (χ1v) is 13.3. The van der Waals surface area contributed by atoms with Crippen LogP contribution >= 0.6 is 11.6 Å². The zero-order chi connectivity index (χ0) is 30.2. The SMILES string of the molecule is N=Cc1ccc(OCC(=O)N2CCN(c3ccccc3[N+](=O)[O-])CC2)c2ccccc12.NC(=O)c1ccc(O)c(Cl)c1. The number of rotatable bonds is 7. The Balaban J connectivity index is 0.000000310. The van der Waals surface area contributed by atoms with Gasteiger partial charge < -0.3 is 30.8 Å². The second-order valence-corrected chi connectivity index (χ2v) is 9.68. The van der Waals surface area contributed by atoms with Crippen molar-refractivity contribution in [3.05, 3.63) is 105 Å². The molecule has 0 aliphatic carbocycles. The van der Waals surface area contributed by atoms with Gasteiger partial charge in [-0.1, -0.05) is 48.0 Å². The van der Waals surface area contributed by atoms with Gasteiger partial charge in [-0.2, -0.15) is 0 Å². The van der Waals surface area contributed by atoms with E-state index < -0.39 is 5.91 Å². The maximum atomic E-state index is 12.7. The summed E-state index contributed by atoms with van der Waals surface area (Å²) in [4.78, 5) is 37.8. The van der Waals surface area contributed by atoms with Gasteiger partial charge in [0.15, 0.2) is 6.61 Å². The summed E-state index contributed by atoms with van der Waals surface area (Å²) in [5.41, 5.74) is 6.68. The Morgan fingerprint density at radius 2 is 1.67 bits per heavy atom. The highest BCUT2D eigenvalue weighted by Gasteiger charge is 2.25. The van der Waals surface area contributed by atoms with Gasteiger partial charge in [-0.05, 0) is 41.8 Å². The molecule has 0 unspecified atom stereocenters. The second-order valence-electron chi connectivity index (χ2n) is 9.28. The van der Waals surface area contributed by atoms with Crippen LogP contribution in [-0.4, -0.2) is 65.7 Å². The first-order valence-electron chi connectivity index (χ1n) is 12.9. The van der Waals surface area contributed by atoms with Crippen LogP contribution in [0.1, 0.15) is 15.9 Å². The minimum absolute atomic E-state index is 0.0586. The normalized spacial score (nSPS) is 12.7. The van der Waals surface area contributed by atoms with Crippen LogP contribution < -0.4 is 15.4 Å². The number of phenols is 1. The van der Waals surface area contributed by atoms with Gasteiger partial charge >= 0.3 is 0 Å². The van der Waals surface area contributed by atoms with Crippen LogP contribution in [0.5, 0.6) is 11.5 Å². The van der Waals surface area contributed by atoms with Crippen LogP contribution in [0.15, 0.2) is 78.9 Å². The van der Waals surface area contributed by atoms with Gasteiger partial charge in [0.25, 0.3) is 11.6 Å². The molecule has 11 nitrogen and oxygen atoms in total. The van der Waals surface area contributed by atoms with Gasteiger partial charge in [-0.25, -0.2) is 0 Å². The van der Waals surface area contributed by atoms with Gasteiger partial charge in [-0.3, -0.25) is 19.7 Å². The van der Waals surface area contributed by atoms with Gasteiger partial charge in [-0.15, -0.1) is 0 Å². The van der Waals surface area contributed by atoms with Crippen LogP contribution in [-0.2, 0) is 4.79 Å². The van der Waals surface area contributed by atoms with E-state index in [0.717, 1.165) is 16.3 Å². The quantitative estimate of drug-likeness (QED) is 0.161. The average molecular weight is 590 g/mol. The first-order chi connectivity index (χ1) is 20.2. The van der Waals surface area contributed by atoms with E-state index in [0.29, 0.717) is 37.6 Å². The molecule has 216 valence electrons. The van der Waals surface area contributed by atoms with Crippen molar-refractivity contribution in [3.63, 3.8) is 0 Å². The van der Waals surface area contributed by atoms with Gasteiger partial charge in [0.05, 0.1) is 9.95 Å². The Morgan fingerprint density at radius 1 is 1.00 bits per heavy atom. The number of carbonyl (C=O) groups is 2. The highest BCUT2D eigenvalue weighted by atomic mass is 35.5. The van der Waals surface area contributed by atoms with E-state index in [1.165, 1.54) is 30.5 Å². The van der Waals surface area contributed by atoms with Crippen molar-refractivity contribution in [2.75, 3.05) is 37.7 Å². The maximum absolute atomic E-state index is 12.7. The lowest BCUT2D eigenvalue weighted by Gasteiger charge is -2.35. The molecule has 1 aliphatic rings. The van der Waals surface area contributed by atoms with Crippen molar-refractivity contribution in [1.82, 2.24) is 4.90 Å². The van der Waals surface area contributed by atoms with E-state index in [1.807, 2.05) is 29.2 Å². The van der Waals surface area contributed by atoms with Crippen LogP contribution in [0.4, 0.5) is 11.4 Å². The molecule has 0 atom stereocenters. The summed E-state index contributed by atoms with van der Waals surface area (Å²) < 4.78 is 5.83. The number of nitrogens with zero attached hydrogens (tertiary/aromatic N) is 3. The van der Waals surface area contributed by atoms with E-state index in [1.54, 1.807) is 35.2 Å². The number of amides is 2. The van der Waals surface area contributed by atoms with Gasteiger partial charge in [0.2, 0.25) is 5.91 Å². The molecule has 2 amide bonds. The Bertz CT molecular complexity index is 1640. The summed E-state index contributed by atoms with van der Waals surface area (Å²) in [5, 5.41) is 29.7. The molecule has 1 saturated heterocycles.